The van der Waals surface area contributed by atoms with Crippen LogP contribution in [0.1, 0.15) is 39.3 Å². The first-order valence-electron chi connectivity index (χ1n) is 11.7. The Balaban J connectivity index is 1.74. The van der Waals surface area contributed by atoms with E-state index in [-0.39, 0.29) is 5.41 Å². The number of nitrogens with zero attached hydrogens (tertiary/aromatic N) is 3. The minimum atomic E-state index is 0.238. The van der Waals surface area contributed by atoms with Gasteiger partial charge in [-0.15, -0.1) is 0 Å². The van der Waals surface area contributed by atoms with Crippen molar-refractivity contribution in [2.75, 3.05) is 45.4 Å². The monoisotopic (exact) mass is 449 g/mol. The first-order valence-corrected chi connectivity index (χ1v) is 11.7. The van der Waals surface area contributed by atoms with Gasteiger partial charge in [0.05, 0.1) is 38.8 Å². The van der Waals surface area contributed by atoms with Crippen molar-refractivity contribution >= 4 is 12.0 Å². The van der Waals surface area contributed by atoms with Gasteiger partial charge in [-0.05, 0) is 55.5 Å². The molecular formula is C27H35N3O3. The highest BCUT2D eigenvalue weighted by Gasteiger charge is 2.30. The van der Waals surface area contributed by atoms with Crippen LogP contribution in [0.4, 0.5) is 5.95 Å². The molecule has 33 heavy (non-hydrogen) atoms. The van der Waals surface area contributed by atoms with Crippen LogP contribution in [-0.2, 0) is 4.74 Å². The fourth-order valence-electron chi connectivity index (χ4n) is 4.76. The van der Waals surface area contributed by atoms with Crippen molar-refractivity contribution in [2.45, 2.75) is 33.6 Å². The summed E-state index contributed by atoms with van der Waals surface area (Å²) in [4.78, 5) is 12.0. The first-order chi connectivity index (χ1) is 15.9. The van der Waals surface area contributed by atoms with Gasteiger partial charge in [-0.3, -0.25) is 0 Å². The zero-order valence-electron chi connectivity index (χ0n) is 20.4. The van der Waals surface area contributed by atoms with Gasteiger partial charge in [-0.2, -0.15) is 0 Å². The molecular weight excluding hydrogens is 414 g/mol. The first kappa shape index (κ1) is 23.3. The highest BCUT2D eigenvalue weighted by molar-refractivity contribution is 5.67. The third-order valence-corrected chi connectivity index (χ3v) is 6.75. The summed E-state index contributed by atoms with van der Waals surface area (Å²) in [5, 5.41) is 0. The summed E-state index contributed by atoms with van der Waals surface area (Å²) in [5.41, 5.74) is 4.41. The highest BCUT2D eigenvalue weighted by atomic mass is 16.5. The molecule has 0 spiro atoms. The predicted octanol–water partition coefficient (Wildman–Crippen LogP) is 5.39. The Hall–Kier alpha value is -2.86. The molecule has 1 saturated heterocycles. The van der Waals surface area contributed by atoms with Crippen LogP contribution in [0.2, 0.25) is 0 Å². The Morgan fingerprint density at radius 2 is 1.82 bits per heavy atom. The number of rotatable bonds is 6. The molecule has 176 valence electrons. The Labute approximate surface area is 197 Å². The molecule has 0 radical (unpaired) electrons. The topological polar surface area (TPSA) is 56.7 Å². The molecule has 0 saturated carbocycles. The van der Waals surface area contributed by atoms with Crippen molar-refractivity contribution in [1.29, 1.82) is 0 Å². The quantitative estimate of drug-likeness (QED) is 0.551. The lowest BCUT2D eigenvalue weighted by molar-refractivity contribution is 0.122. The van der Waals surface area contributed by atoms with Crippen LogP contribution in [0.3, 0.4) is 0 Å². The molecule has 6 heteroatoms. The Kier molecular flexibility index (Phi) is 7.03. The summed E-state index contributed by atoms with van der Waals surface area (Å²) >= 11 is 0. The van der Waals surface area contributed by atoms with Gasteiger partial charge >= 0.3 is 0 Å². The summed E-state index contributed by atoms with van der Waals surface area (Å²) < 4.78 is 16.5. The molecule has 1 atom stereocenters. The van der Waals surface area contributed by atoms with Crippen molar-refractivity contribution in [3.05, 3.63) is 47.7 Å². The van der Waals surface area contributed by atoms with Crippen LogP contribution in [0.25, 0.3) is 17.3 Å². The van der Waals surface area contributed by atoms with E-state index in [1.165, 1.54) is 12.0 Å². The van der Waals surface area contributed by atoms with Crippen LogP contribution >= 0.6 is 0 Å². The average Bonchev–Trinajstić information content (AvgIpc) is 2.83. The third-order valence-electron chi connectivity index (χ3n) is 6.75. The maximum atomic E-state index is 5.54. The van der Waals surface area contributed by atoms with Gasteiger partial charge in [0.15, 0.2) is 11.5 Å². The van der Waals surface area contributed by atoms with Gasteiger partial charge in [0.2, 0.25) is 5.95 Å². The minimum Gasteiger partial charge on any atom is -0.493 e. The largest absolute Gasteiger partial charge is 0.493 e. The fraction of sp³-hybridized carbons (Fsp3) is 0.481. The number of hydrogen-bond donors (Lipinski definition) is 0. The second-order valence-electron chi connectivity index (χ2n) is 9.46. The van der Waals surface area contributed by atoms with Gasteiger partial charge in [0.25, 0.3) is 0 Å². The Bertz CT molecular complexity index is 1040. The molecule has 4 rings (SSSR count). The summed E-state index contributed by atoms with van der Waals surface area (Å²) in [7, 11) is 3.29. The van der Waals surface area contributed by atoms with Crippen molar-refractivity contribution in [3.63, 3.8) is 0 Å². The molecule has 1 aromatic heterocycles. The predicted molar refractivity (Wildman–Crippen MR) is 133 cm³/mol. The fourth-order valence-corrected chi connectivity index (χ4v) is 4.76. The Morgan fingerprint density at radius 1 is 1.06 bits per heavy atom. The average molecular weight is 450 g/mol. The second-order valence-corrected chi connectivity index (χ2v) is 9.46. The lowest BCUT2D eigenvalue weighted by atomic mass is 9.68. The van der Waals surface area contributed by atoms with Gasteiger partial charge < -0.3 is 19.1 Å². The van der Waals surface area contributed by atoms with Crippen LogP contribution in [0, 0.1) is 11.3 Å². The van der Waals surface area contributed by atoms with E-state index in [4.69, 9.17) is 24.2 Å². The number of benzene rings is 1. The SMILES string of the molecule is COc1ccc(-c2cc(/C=C/C3C(C)=CCCC3(C)C)nc(N3CCOCC3)n2)cc1OC. The van der Waals surface area contributed by atoms with Gasteiger partial charge in [0.1, 0.15) is 0 Å². The third kappa shape index (κ3) is 5.22. The number of allylic oxidation sites excluding steroid dienone is 3. The molecule has 1 aliphatic carbocycles. The van der Waals surface area contributed by atoms with Crippen LogP contribution < -0.4 is 14.4 Å². The maximum Gasteiger partial charge on any atom is 0.226 e. The number of morpholine rings is 1. The lowest BCUT2D eigenvalue weighted by Crippen LogP contribution is -2.37. The van der Waals surface area contributed by atoms with Gasteiger partial charge in [-0.25, -0.2) is 9.97 Å². The lowest BCUT2D eigenvalue weighted by Gasteiger charge is -2.36. The molecule has 2 aliphatic rings. The number of anilines is 1. The molecule has 6 nitrogen and oxygen atoms in total. The van der Waals surface area contributed by atoms with E-state index < -0.39 is 0 Å². The van der Waals surface area contributed by atoms with E-state index in [0.29, 0.717) is 30.6 Å². The van der Waals surface area contributed by atoms with Crippen LogP contribution in [0.5, 0.6) is 11.5 Å². The molecule has 1 fully saturated rings. The standard InChI is InChI=1S/C27H35N3O3/c1-19-7-6-12-27(2,3)22(19)10-9-21-18-23(20-8-11-24(31-4)25(17-20)32-5)29-26(28-21)30-13-15-33-16-14-30/h7-11,17-18,22H,6,12-16H2,1-5H3/b10-9+. The molecule has 0 N–H and O–H groups in total. The zero-order chi connectivity index (χ0) is 23.4. The smallest absolute Gasteiger partial charge is 0.226 e. The van der Waals surface area contributed by atoms with Crippen LogP contribution in [-0.4, -0.2) is 50.5 Å². The Morgan fingerprint density at radius 3 is 2.52 bits per heavy atom. The molecule has 0 bridgehead atoms. The van der Waals surface area contributed by atoms with E-state index >= 15 is 0 Å². The second kappa shape index (κ2) is 9.96. The molecule has 0 amide bonds. The normalized spacial score (nSPS) is 20.6. The zero-order valence-corrected chi connectivity index (χ0v) is 20.4. The van der Waals surface area contributed by atoms with E-state index in [1.807, 2.05) is 18.2 Å². The van der Waals surface area contributed by atoms with Crippen molar-refractivity contribution in [1.82, 2.24) is 9.97 Å². The highest BCUT2D eigenvalue weighted by Crippen LogP contribution is 2.42. The van der Waals surface area contributed by atoms with Crippen molar-refractivity contribution < 1.29 is 14.2 Å². The number of aromatic nitrogens is 2. The summed E-state index contributed by atoms with van der Waals surface area (Å²) in [6, 6.07) is 7.95. The molecule has 2 aromatic rings. The summed E-state index contributed by atoms with van der Waals surface area (Å²) in [6.07, 6.45) is 9.19. The summed E-state index contributed by atoms with van der Waals surface area (Å²) in [6.45, 7) is 9.90. The maximum absolute atomic E-state index is 5.54. The van der Waals surface area contributed by atoms with E-state index in [0.717, 1.165) is 42.4 Å². The number of hydrogen-bond acceptors (Lipinski definition) is 6. The van der Waals surface area contributed by atoms with E-state index in [1.54, 1.807) is 14.2 Å². The summed E-state index contributed by atoms with van der Waals surface area (Å²) in [5.74, 6) is 2.52. The molecule has 2 heterocycles. The molecule has 1 unspecified atom stereocenters. The van der Waals surface area contributed by atoms with Crippen molar-refractivity contribution in [2.24, 2.45) is 11.3 Å². The number of methoxy groups -OCH3 is 2. The van der Waals surface area contributed by atoms with E-state index in [2.05, 4.69) is 50.0 Å². The minimum absolute atomic E-state index is 0.238. The van der Waals surface area contributed by atoms with Gasteiger partial charge in [0, 0.05) is 24.6 Å². The number of ether oxygens (including phenoxy) is 3. The van der Waals surface area contributed by atoms with Gasteiger partial charge in [-0.1, -0.05) is 31.6 Å². The van der Waals surface area contributed by atoms with E-state index in [9.17, 15) is 0 Å². The van der Waals surface area contributed by atoms with Crippen molar-refractivity contribution in [3.8, 4) is 22.8 Å². The van der Waals surface area contributed by atoms with Crippen LogP contribution in [0.15, 0.2) is 42.0 Å². The molecule has 1 aromatic carbocycles. The molecule has 1 aliphatic heterocycles.